The number of carboxylic acids is 1. The number of ether oxygens (including phenoxy) is 1. The maximum absolute atomic E-state index is 11.8. The van der Waals surface area contributed by atoms with Crippen molar-refractivity contribution in [3.63, 3.8) is 0 Å². The fourth-order valence-corrected chi connectivity index (χ4v) is 2.61. The molecular weight excluding hydrogens is 270 g/mol. The van der Waals surface area contributed by atoms with E-state index in [-0.39, 0.29) is 24.3 Å². The number of aryl methyl sites for hydroxylation is 1. The second-order valence-corrected chi connectivity index (χ2v) is 5.75. The van der Waals surface area contributed by atoms with Gasteiger partial charge in [0.05, 0.1) is 6.42 Å². The Morgan fingerprint density at radius 1 is 1.33 bits per heavy atom. The van der Waals surface area contributed by atoms with E-state index in [1.807, 2.05) is 31.2 Å². The third-order valence-corrected chi connectivity index (χ3v) is 4.05. The van der Waals surface area contributed by atoms with Crippen LogP contribution < -0.4 is 10.1 Å². The highest BCUT2D eigenvalue weighted by Crippen LogP contribution is 2.43. The summed E-state index contributed by atoms with van der Waals surface area (Å²) in [4.78, 5) is 22.7. The van der Waals surface area contributed by atoms with Crippen LogP contribution in [0.1, 0.15) is 31.2 Å². The number of carboxylic acid groups (broad SMARTS) is 1. The molecule has 21 heavy (non-hydrogen) atoms. The maximum Gasteiger partial charge on any atom is 0.303 e. The van der Waals surface area contributed by atoms with Gasteiger partial charge in [-0.15, -0.1) is 0 Å². The van der Waals surface area contributed by atoms with Gasteiger partial charge in [0.25, 0.3) is 5.91 Å². The molecule has 1 amide bonds. The SMILES string of the molecule is Cc1ccccc1OCC(=O)NCC1(CC(=O)O)CCC1. The number of rotatable bonds is 7. The van der Waals surface area contributed by atoms with Crippen LogP contribution in [-0.4, -0.2) is 30.1 Å². The zero-order valence-corrected chi connectivity index (χ0v) is 12.2. The maximum atomic E-state index is 11.8. The van der Waals surface area contributed by atoms with E-state index < -0.39 is 5.97 Å². The molecule has 0 aliphatic heterocycles. The van der Waals surface area contributed by atoms with Crippen LogP contribution in [-0.2, 0) is 9.59 Å². The number of aliphatic carboxylic acids is 1. The second-order valence-electron chi connectivity index (χ2n) is 5.75. The number of carbonyl (C=O) groups is 2. The fourth-order valence-electron chi connectivity index (χ4n) is 2.61. The molecule has 0 radical (unpaired) electrons. The molecule has 0 aromatic heterocycles. The highest BCUT2D eigenvalue weighted by Gasteiger charge is 2.39. The first-order valence-corrected chi connectivity index (χ1v) is 7.18. The lowest BCUT2D eigenvalue weighted by Crippen LogP contribution is -2.44. The van der Waals surface area contributed by atoms with Crippen LogP contribution in [0.3, 0.4) is 0 Å². The van der Waals surface area contributed by atoms with Crippen LogP contribution >= 0.6 is 0 Å². The first-order valence-electron chi connectivity index (χ1n) is 7.18. The molecule has 1 aliphatic rings. The van der Waals surface area contributed by atoms with Crippen LogP contribution in [0.15, 0.2) is 24.3 Å². The molecule has 0 unspecified atom stereocenters. The molecule has 0 atom stereocenters. The minimum absolute atomic E-state index is 0.0476. The average Bonchev–Trinajstić information content (AvgIpc) is 2.40. The van der Waals surface area contributed by atoms with Gasteiger partial charge in [-0.05, 0) is 36.8 Å². The molecule has 5 nitrogen and oxygen atoms in total. The summed E-state index contributed by atoms with van der Waals surface area (Å²) in [5.74, 6) is -0.327. The number of hydrogen-bond donors (Lipinski definition) is 2. The van der Waals surface area contributed by atoms with Crippen molar-refractivity contribution in [1.29, 1.82) is 0 Å². The number of amides is 1. The summed E-state index contributed by atoms with van der Waals surface area (Å²) in [7, 11) is 0. The van der Waals surface area contributed by atoms with Crippen molar-refractivity contribution >= 4 is 11.9 Å². The summed E-state index contributed by atoms with van der Waals surface area (Å²) in [6.07, 6.45) is 2.87. The van der Waals surface area contributed by atoms with Gasteiger partial charge in [0.15, 0.2) is 6.61 Å². The van der Waals surface area contributed by atoms with Crippen molar-refractivity contribution in [2.75, 3.05) is 13.2 Å². The Kier molecular flexibility index (Phi) is 4.83. The third kappa shape index (κ3) is 4.21. The van der Waals surface area contributed by atoms with Crippen molar-refractivity contribution in [2.24, 2.45) is 5.41 Å². The lowest BCUT2D eigenvalue weighted by Gasteiger charge is -2.40. The summed E-state index contributed by atoms with van der Waals surface area (Å²) >= 11 is 0. The van der Waals surface area contributed by atoms with Gasteiger partial charge in [-0.1, -0.05) is 24.6 Å². The highest BCUT2D eigenvalue weighted by molar-refractivity contribution is 5.77. The molecule has 1 aromatic rings. The summed E-state index contributed by atoms with van der Waals surface area (Å²) in [6, 6.07) is 7.51. The van der Waals surface area contributed by atoms with Gasteiger partial charge >= 0.3 is 5.97 Å². The van der Waals surface area contributed by atoms with Crippen LogP contribution in [0.5, 0.6) is 5.75 Å². The molecule has 2 rings (SSSR count). The van der Waals surface area contributed by atoms with Gasteiger partial charge in [-0.3, -0.25) is 9.59 Å². The van der Waals surface area contributed by atoms with Crippen LogP contribution in [0, 0.1) is 12.3 Å². The van der Waals surface area contributed by atoms with E-state index in [2.05, 4.69) is 5.32 Å². The molecule has 5 heteroatoms. The summed E-state index contributed by atoms with van der Waals surface area (Å²) in [6.45, 7) is 2.28. The van der Waals surface area contributed by atoms with Crippen LogP contribution in [0.4, 0.5) is 0 Å². The molecule has 2 N–H and O–H groups in total. The van der Waals surface area contributed by atoms with Crippen molar-refractivity contribution in [3.8, 4) is 5.75 Å². The van der Waals surface area contributed by atoms with Crippen molar-refractivity contribution in [1.82, 2.24) is 5.32 Å². The normalized spacial score (nSPS) is 15.9. The molecule has 0 heterocycles. The van der Waals surface area contributed by atoms with E-state index in [1.54, 1.807) is 0 Å². The minimum Gasteiger partial charge on any atom is -0.484 e. The van der Waals surface area contributed by atoms with E-state index >= 15 is 0 Å². The molecule has 0 bridgehead atoms. The van der Waals surface area contributed by atoms with Gasteiger partial charge in [0.1, 0.15) is 5.75 Å². The predicted molar refractivity (Wildman–Crippen MR) is 78.2 cm³/mol. The molecule has 0 spiro atoms. The molecule has 1 saturated carbocycles. The smallest absolute Gasteiger partial charge is 0.303 e. The zero-order valence-electron chi connectivity index (χ0n) is 12.2. The summed E-state index contributed by atoms with van der Waals surface area (Å²) in [5, 5.41) is 11.7. The number of benzene rings is 1. The topological polar surface area (TPSA) is 75.6 Å². The standard InChI is InChI=1S/C16H21NO4/c1-12-5-2-3-6-13(12)21-10-14(18)17-11-16(7-4-8-16)9-15(19)20/h2-3,5-6H,4,7-11H2,1H3,(H,17,18)(H,19,20). The Labute approximate surface area is 124 Å². The Morgan fingerprint density at radius 3 is 2.62 bits per heavy atom. The number of carbonyl (C=O) groups excluding carboxylic acids is 1. The molecule has 1 aliphatic carbocycles. The number of hydrogen-bond acceptors (Lipinski definition) is 3. The van der Waals surface area contributed by atoms with Gasteiger partial charge in [0.2, 0.25) is 0 Å². The Hall–Kier alpha value is -2.04. The summed E-state index contributed by atoms with van der Waals surface area (Å²) in [5.41, 5.74) is 0.719. The van der Waals surface area contributed by atoms with Crippen molar-refractivity contribution in [2.45, 2.75) is 32.6 Å². The Morgan fingerprint density at radius 2 is 2.05 bits per heavy atom. The average molecular weight is 291 g/mol. The van der Waals surface area contributed by atoms with Gasteiger partial charge in [0, 0.05) is 6.54 Å². The monoisotopic (exact) mass is 291 g/mol. The zero-order chi connectivity index (χ0) is 15.3. The number of para-hydroxylation sites is 1. The van der Waals surface area contributed by atoms with Gasteiger partial charge < -0.3 is 15.2 Å². The fraction of sp³-hybridized carbons (Fsp3) is 0.500. The molecule has 1 fully saturated rings. The lowest BCUT2D eigenvalue weighted by atomic mass is 9.66. The molecule has 114 valence electrons. The second kappa shape index (κ2) is 6.61. The number of nitrogens with one attached hydrogen (secondary N) is 1. The van der Waals surface area contributed by atoms with Crippen molar-refractivity contribution < 1.29 is 19.4 Å². The lowest BCUT2D eigenvalue weighted by molar-refractivity contribution is -0.142. The highest BCUT2D eigenvalue weighted by atomic mass is 16.5. The van der Waals surface area contributed by atoms with Gasteiger partial charge in [-0.25, -0.2) is 0 Å². The van der Waals surface area contributed by atoms with E-state index in [0.29, 0.717) is 12.3 Å². The quantitative estimate of drug-likeness (QED) is 0.807. The molecule has 1 aromatic carbocycles. The van der Waals surface area contributed by atoms with E-state index in [9.17, 15) is 9.59 Å². The Balaban J connectivity index is 1.77. The van der Waals surface area contributed by atoms with E-state index in [0.717, 1.165) is 24.8 Å². The largest absolute Gasteiger partial charge is 0.484 e. The minimum atomic E-state index is -0.805. The first kappa shape index (κ1) is 15.4. The molecule has 0 saturated heterocycles. The first-order chi connectivity index (χ1) is 10.0. The molecular formula is C16H21NO4. The van der Waals surface area contributed by atoms with Gasteiger partial charge in [-0.2, -0.15) is 0 Å². The van der Waals surface area contributed by atoms with E-state index in [1.165, 1.54) is 0 Å². The van der Waals surface area contributed by atoms with Crippen molar-refractivity contribution in [3.05, 3.63) is 29.8 Å². The van der Waals surface area contributed by atoms with Crippen LogP contribution in [0.25, 0.3) is 0 Å². The Bertz CT molecular complexity index is 523. The third-order valence-electron chi connectivity index (χ3n) is 4.05. The predicted octanol–water partition coefficient (Wildman–Crippen LogP) is 2.14. The van der Waals surface area contributed by atoms with E-state index in [4.69, 9.17) is 9.84 Å². The summed E-state index contributed by atoms with van der Waals surface area (Å²) < 4.78 is 5.47. The van der Waals surface area contributed by atoms with Crippen LogP contribution in [0.2, 0.25) is 0 Å².